The molecule has 1 rings (SSSR count). The fourth-order valence-electron chi connectivity index (χ4n) is 1.47. The van der Waals surface area contributed by atoms with Crippen LogP contribution in [0.25, 0.3) is 0 Å². The molecule has 0 aliphatic carbocycles. The van der Waals surface area contributed by atoms with E-state index >= 15 is 0 Å². The predicted octanol–water partition coefficient (Wildman–Crippen LogP) is 1.38. The SMILES string of the molecule is C=CCN(CC(=O)O)c1ccc([N+](=O)[O-])c(C)n1. The zero-order valence-corrected chi connectivity index (χ0v) is 9.87. The first kappa shape index (κ1) is 13.6. The van der Waals surface area contributed by atoms with Gasteiger partial charge in [-0.05, 0) is 13.0 Å². The second kappa shape index (κ2) is 5.76. The van der Waals surface area contributed by atoms with Crippen molar-refractivity contribution in [1.29, 1.82) is 0 Å². The number of hydrogen-bond donors (Lipinski definition) is 1. The van der Waals surface area contributed by atoms with Gasteiger partial charge >= 0.3 is 5.97 Å². The molecule has 0 atom stereocenters. The van der Waals surface area contributed by atoms with E-state index in [1.165, 1.54) is 24.0 Å². The molecule has 1 aromatic rings. The molecule has 7 nitrogen and oxygen atoms in total. The third kappa shape index (κ3) is 3.27. The van der Waals surface area contributed by atoms with Crippen LogP contribution in [0.4, 0.5) is 11.5 Å². The molecule has 1 heterocycles. The Bertz CT molecular complexity index is 487. The summed E-state index contributed by atoms with van der Waals surface area (Å²) in [5.41, 5.74) is 0.157. The third-order valence-electron chi connectivity index (χ3n) is 2.24. The van der Waals surface area contributed by atoms with E-state index in [1.54, 1.807) is 6.08 Å². The number of hydrogen-bond acceptors (Lipinski definition) is 5. The van der Waals surface area contributed by atoms with E-state index in [-0.39, 0.29) is 17.9 Å². The van der Waals surface area contributed by atoms with E-state index in [2.05, 4.69) is 11.6 Å². The van der Waals surface area contributed by atoms with Gasteiger partial charge in [0.15, 0.2) is 0 Å². The molecule has 0 aliphatic heterocycles. The van der Waals surface area contributed by atoms with Gasteiger partial charge in [0.1, 0.15) is 18.1 Å². The normalized spacial score (nSPS) is 9.83. The Morgan fingerprint density at radius 1 is 1.67 bits per heavy atom. The van der Waals surface area contributed by atoms with Gasteiger partial charge in [-0.1, -0.05) is 6.08 Å². The van der Waals surface area contributed by atoms with Gasteiger partial charge in [0.2, 0.25) is 0 Å². The first-order chi connectivity index (χ1) is 8.45. The molecule has 0 saturated heterocycles. The van der Waals surface area contributed by atoms with Gasteiger partial charge in [-0.25, -0.2) is 4.98 Å². The van der Waals surface area contributed by atoms with Crippen molar-refractivity contribution in [2.45, 2.75) is 6.92 Å². The van der Waals surface area contributed by atoms with Crippen LogP contribution < -0.4 is 4.90 Å². The molecule has 0 aromatic carbocycles. The fourth-order valence-corrected chi connectivity index (χ4v) is 1.47. The summed E-state index contributed by atoms with van der Waals surface area (Å²) in [6, 6.07) is 2.74. The number of aliphatic carboxylic acids is 1. The van der Waals surface area contributed by atoms with Gasteiger partial charge in [0.05, 0.1) is 4.92 Å². The molecule has 0 saturated carbocycles. The van der Waals surface area contributed by atoms with Crippen LogP contribution in [-0.4, -0.2) is 34.1 Å². The summed E-state index contributed by atoms with van der Waals surface area (Å²) in [5, 5.41) is 19.4. The molecule has 0 unspecified atom stereocenters. The summed E-state index contributed by atoms with van der Waals surface area (Å²) in [5.74, 6) is -0.630. The van der Waals surface area contributed by atoms with Crippen molar-refractivity contribution >= 4 is 17.5 Å². The van der Waals surface area contributed by atoms with Crippen molar-refractivity contribution < 1.29 is 14.8 Å². The van der Waals surface area contributed by atoms with Crippen molar-refractivity contribution in [1.82, 2.24) is 4.98 Å². The van der Waals surface area contributed by atoms with Gasteiger partial charge in [0.25, 0.3) is 5.69 Å². The number of aromatic nitrogens is 1. The lowest BCUT2D eigenvalue weighted by molar-refractivity contribution is -0.385. The smallest absolute Gasteiger partial charge is 0.323 e. The Morgan fingerprint density at radius 3 is 2.78 bits per heavy atom. The van der Waals surface area contributed by atoms with Crippen LogP contribution in [0.3, 0.4) is 0 Å². The molecule has 0 amide bonds. The van der Waals surface area contributed by atoms with Gasteiger partial charge in [-0.15, -0.1) is 6.58 Å². The van der Waals surface area contributed by atoms with Gasteiger partial charge < -0.3 is 10.0 Å². The van der Waals surface area contributed by atoms with E-state index in [4.69, 9.17) is 5.11 Å². The fraction of sp³-hybridized carbons (Fsp3) is 0.273. The minimum Gasteiger partial charge on any atom is -0.480 e. The highest BCUT2D eigenvalue weighted by molar-refractivity contribution is 5.73. The summed E-state index contributed by atoms with van der Waals surface area (Å²) < 4.78 is 0. The van der Waals surface area contributed by atoms with Crippen molar-refractivity contribution in [3.8, 4) is 0 Å². The van der Waals surface area contributed by atoms with Crippen LogP contribution >= 0.6 is 0 Å². The monoisotopic (exact) mass is 251 g/mol. The summed E-state index contributed by atoms with van der Waals surface area (Å²) >= 11 is 0. The predicted molar refractivity (Wildman–Crippen MR) is 65.7 cm³/mol. The molecule has 0 spiro atoms. The number of carboxylic acids is 1. The number of anilines is 1. The first-order valence-corrected chi connectivity index (χ1v) is 5.15. The number of pyridine rings is 1. The Hall–Kier alpha value is -2.44. The molecular formula is C11H13N3O4. The zero-order chi connectivity index (χ0) is 13.7. The standard InChI is InChI=1S/C11H13N3O4/c1-3-6-13(7-11(15)16)10-5-4-9(14(17)18)8(2)12-10/h3-5H,1,6-7H2,2H3,(H,15,16). The molecule has 0 radical (unpaired) electrons. The second-order valence-corrected chi connectivity index (χ2v) is 3.59. The topological polar surface area (TPSA) is 96.6 Å². The zero-order valence-electron chi connectivity index (χ0n) is 9.87. The van der Waals surface area contributed by atoms with Crippen LogP contribution in [-0.2, 0) is 4.79 Å². The lowest BCUT2D eigenvalue weighted by Crippen LogP contribution is -2.30. The lowest BCUT2D eigenvalue weighted by atomic mass is 10.3. The van der Waals surface area contributed by atoms with Crippen molar-refractivity contribution in [3.63, 3.8) is 0 Å². The number of carboxylic acid groups (broad SMARTS) is 1. The maximum Gasteiger partial charge on any atom is 0.323 e. The summed E-state index contributed by atoms with van der Waals surface area (Å²) in [6.07, 6.45) is 1.54. The van der Waals surface area contributed by atoms with E-state index in [0.29, 0.717) is 12.4 Å². The van der Waals surface area contributed by atoms with Gasteiger partial charge in [-0.3, -0.25) is 14.9 Å². The van der Waals surface area contributed by atoms with Crippen molar-refractivity contribution in [3.05, 3.63) is 40.6 Å². The minimum absolute atomic E-state index is 0.0902. The van der Waals surface area contributed by atoms with E-state index < -0.39 is 10.9 Å². The summed E-state index contributed by atoms with van der Waals surface area (Å²) in [7, 11) is 0. The van der Waals surface area contributed by atoms with Crippen molar-refractivity contribution in [2.24, 2.45) is 0 Å². The Morgan fingerprint density at radius 2 is 2.33 bits per heavy atom. The van der Waals surface area contributed by atoms with E-state index in [1.807, 2.05) is 0 Å². The molecular weight excluding hydrogens is 238 g/mol. The molecule has 1 aromatic heterocycles. The van der Waals surface area contributed by atoms with Crippen LogP contribution in [0.1, 0.15) is 5.69 Å². The Labute approximate surface area is 104 Å². The van der Waals surface area contributed by atoms with Crippen LogP contribution in [0.2, 0.25) is 0 Å². The maximum atomic E-state index is 10.7. The average molecular weight is 251 g/mol. The number of nitro groups is 1. The molecule has 1 N–H and O–H groups in total. The first-order valence-electron chi connectivity index (χ1n) is 5.15. The summed E-state index contributed by atoms with van der Waals surface area (Å²) in [6.45, 7) is 5.10. The van der Waals surface area contributed by atoms with Crippen LogP contribution in [0.15, 0.2) is 24.8 Å². The second-order valence-electron chi connectivity index (χ2n) is 3.59. The Kier molecular flexibility index (Phi) is 4.36. The number of rotatable bonds is 6. The quantitative estimate of drug-likeness (QED) is 0.466. The summed E-state index contributed by atoms with van der Waals surface area (Å²) in [4.78, 5) is 26.3. The van der Waals surface area contributed by atoms with Crippen molar-refractivity contribution in [2.75, 3.05) is 18.0 Å². The van der Waals surface area contributed by atoms with E-state index in [0.717, 1.165) is 0 Å². The number of aryl methyl sites for hydroxylation is 1. The highest BCUT2D eigenvalue weighted by Crippen LogP contribution is 2.20. The molecule has 0 aliphatic rings. The Balaban J connectivity index is 3.06. The highest BCUT2D eigenvalue weighted by Gasteiger charge is 2.16. The minimum atomic E-state index is -1.00. The van der Waals surface area contributed by atoms with Gasteiger partial charge in [0, 0.05) is 12.6 Å². The molecule has 96 valence electrons. The molecule has 0 fully saturated rings. The highest BCUT2D eigenvalue weighted by atomic mass is 16.6. The average Bonchev–Trinajstić information content (AvgIpc) is 2.27. The maximum absolute atomic E-state index is 10.7. The van der Waals surface area contributed by atoms with Gasteiger partial charge in [-0.2, -0.15) is 0 Å². The molecule has 7 heteroatoms. The van der Waals surface area contributed by atoms with E-state index in [9.17, 15) is 14.9 Å². The van der Waals surface area contributed by atoms with Crippen LogP contribution in [0, 0.1) is 17.0 Å². The lowest BCUT2D eigenvalue weighted by Gasteiger charge is -2.19. The van der Waals surface area contributed by atoms with Crippen LogP contribution in [0.5, 0.6) is 0 Å². The number of nitrogens with zero attached hydrogens (tertiary/aromatic N) is 3. The largest absolute Gasteiger partial charge is 0.480 e. The molecule has 18 heavy (non-hydrogen) atoms. The molecule has 0 bridgehead atoms. The third-order valence-corrected chi connectivity index (χ3v) is 2.24. The number of carbonyl (C=O) groups is 1.